The highest BCUT2D eigenvalue weighted by Crippen LogP contribution is 2.23. The smallest absolute Gasteiger partial charge is 0.134 e. The number of nitrogens with two attached hydrogens (primary N) is 1. The Morgan fingerprint density at radius 1 is 1.50 bits per heavy atom. The van der Waals surface area contributed by atoms with Crippen molar-refractivity contribution in [3.63, 3.8) is 0 Å². The fourth-order valence-electron chi connectivity index (χ4n) is 1.49. The standard InChI is InChI=1S/C10H12ClN3/c1-7-2-3-9-8(6-7)10(11)14(13-9)5-4-12/h2-3,6H,4-5,12H2,1H3. The number of aromatic nitrogens is 2. The van der Waals surface area contributed by atoms with Crippen LogP contribution in [0.2, 0.25) is 5.15 Å². The van der Waals surface area contributed by atoms with E-state index in [9.17, 15) is 0 Å². The normalized spacial score (nSPS) is 11.1. The first-order valence-electron chi connectivity index (χ1n) is 4.55. The maximum atomic E-state index is 6.15. The summed E-state index contributed by atoms with van der Waals surface area (Å²) in [6.45, 7) is 3.25. The highest BCUT2D eigenvalue weighted by Gasteiger charge is 2.07. The summed E-state index contributed by atoms with van der Waals surface area (Å²) in [5.74, 6) is 0. The Balaban J connectivity index is 2.62. The van der Waals surface area contributed by atoms with E-state index in [0.29, 0.717) is 18.2 Å². The van der Waals surface area contributed by atoms with Crippen molar-refractivity contribution in [2.75, 3.05) is 6.54 Å². The van der Waals surface area contributed by atoms with E-state index in [4.69, 9.17) is 17.3 Å². The number of fused-ring (bicyclic) bond motifs is 1. The van der Waals surface area contributed by atoms with Gasteiger partial charge in [-0.3, -0.25) is 4.68 Å². The van der Waals surface area contributed by atoms with Gasteiger partial charge in [0.05, 0.1) is 12.1 Å². The van der Waals surface area contributed by atoms with Gasteiger partial charge in [0, 0.05) is 11.9 Å². The van der Waals surface area contributed by atoms with Crippen LogP contribution in [0.15, 0.2) is 18.2 Å². The van der Waals surface area contributed by atoms with Gasteiger partial charge in [0.15, 0.2) is 0 Å². The molecule has 0 unspecified atom stereocenters. The second kappa shape index (κ2) is 3.59. The Morgan fingerprint density at radius 2 is 2.29 bits per heavy atom. The van der Waals surface area contributed by atoms with E-state index in [1.807, 2.05) is 25.1 Å². The molecular weight excluding hydrogens is 198 g/mol. The zero-order valence-electron chi connectivity index (χ0n) is 8.00. The van der Waals surface area contributed by atoms with Crippen LogP contribution in [0.25, 0.3) is 10.9 Å². The molecule has 0 atom stereocenters. The molecule has 0 fully saturated rings. The second-order valence-electron chi connectivity index (χ2n) is 3.32. The number of halogens is 1. The number of nitrogens with zero attached hydrogens (tertiary/aromatic N) is 2. The quantitative estimate of drug-likeness (QED) is 0.822. The van der Waals surface area contributed by atoms with Gasteiger partial charge in [-0.2, -0.15) is 5.10 Å². The molecule has 1 aromatic carbocycles. The monoisotopic (exact) mass is 209 g/mol. The van der Waals surface area contributed by atoms with E-state index >= 15 is 0 Å². The van der Waals surface area contributed by atoms with Gasteiger partial charge in [0.1, 0.15) is 5.15 Å². The van der Waals surface area contributed by atoms with Crippen molar-refractivity contribution in [1.29, 1.82) is 0 Å². The largest absolute Gasteiger partial charge is 0.329 e. The number of aryl methyl sites for hydroxylation is 1. The molecule has 1 aromatic heterocycles. The van der Waals surface area contributed by atoms with E-state index in [0.717, 1.165) is 10.9 Å². The van der Waals surface area contributed by atoms with Gasteiger partial charge >= 0.3 is 0 Å². The van der Waals surface area contributed by atoms with Gasteiger partial charge in [0.25, 0.3) is 0 Å². The first-order chi connectivity index (χ1) is 6.72. The number of hydrogen-bond donors (Lipinski definition) is 1. The Bertz CT molecular complexity index is 462. The summed E-state index contributed by atoms with van der Waals surface area (Å²) in [6, 6.07) is 6.04. The molecule has 0 saturated heterocycles. The summed E-state index contributed by atoms with van der Waals surface area (Å²) >= 11 is 6.15. The average molecular weight is 210 g/mol. The van der Waals surface area contributed by atoms with Gasteiger partial charge in [0.2, 0.25) is 0 Å². The molecule has 0 aliphatic carbocycles. The lowest BCUT2D eigenvalue weighted by molar-refractivity contribution is 0.632. The van der Waals surface area contributed by atoms with Crippen molar-refractivity contribution in [3.8, 4) is 0 Å². The predicted octanol–water partition coefficient (Wildman–Crippen LogP) is 1.96. The summed E-state index contributed by atoms with van der Waals surface area (Å²) in [6.07, 6.45) is 0. The summed E-state index contributed by atoms with van der Waals surface area (Å²) in [5, 5.41) is 6.02. The zero-order chi connectivity index (χ0) is 10.1. The van der Waals surface area contributed by atoms with Crippen LogP contribution in [0.1, 0.15) is 5.56 Å². The van der Waals surface area contributed by atoms with Crippen LogP contribution in [-0.2, 0) is 6.54 Å². The Kier molecular flexibility index (Phi) is 2.44. The molecule has 4 heteroatoms. The summed E-state index contributed by atoms with van der Waals surface area (Å²) in [5.41, 5.74) is 7.57. The van der Waals surface area contributed by atoms with Gasteiger partial charge in [-0.1, -0.05) is 23.2 Å². The van der Waals surface area contributed by atoms with Crippen LogP contribution in [0, 0.1) is 6.92 Å². The molecule has 0 radical (unpaired) electrons. The zero-order valence-corrected chi connectivity index (χ0v) is 8.75. The molecular formula is C10H12ClN3. The molecule has 0 amide bonds. The first kappa shape index (κ1) is 9.49. The van der Waals surface area contributed by atoms with Crippen LogP contribution >= 0.6 is 11.6 Å². The molecule has 0 aliphatic heterocycles. The molecule has 2 rings (SSSR count). The average Bonchev–Trinajstić information content (AvgIpc) is 2.46. The fraction of sp³-hybridized carbons (Fsp3) is 0.300. The van der Waals surface area contributed by atoms with E-state index in [2.05, 4.69) is 5.10 Å². The minimum atomic E-state index is 0.548. The van der Waals surface area contributed by atoms with Crippen LogP contribution in [0.3, 0.4) is 0 Å². The van der Waals surface area contributed by atoms with E-state index < -0.39 is 0 Å². The topological polar surface area (TPSA) is 43.8 Å². The maximum absolute atomic E-state index is 6.15. The molecule has 2 aromatic rings. The molecule has 3 nitrogen and oxygen atoms in total. The van der Waals surface area contributed by atoms with Crippen LogP contribution in [0.4, 0.5) is 0 Å². The molecule has 0 spiro atoms. The summed E-state index contributed by atoms with van der Waals surface area (Å²) in [7, 11) is 0. The number of benzene rings is 1. The molecule has 14 heavy (non-hydrogen) atoms. The first-order valence-corrected chi connectivity index (χ1v) is 4.93. The summed E-state index contributed by atoms with van der Waals surface area (Å²) in [4.78, 5) is 0. The minimum Gasteiger partial charge on any atom is -0.329 e. The van der Waals surface area contributed by atoms with Crippen molar-refractivity contribution >= 4 is 22.5 Å². The third kappa shape index (κ3) is 1.49. The van der Waals surface area contributed by atoms with Gasteiger partial charge in [-0.15, -0.1) is 0 Å². The molecule has 74 valence electrons. The third-order valence-electron chi connectivity index (χ3n) is 2.17. The lowest BCUT2D eigenvalue weighted by Gasteiger charge is -1.97. The SMILES string of the molecule is Cc1ccc2nn(CCN)c(Cl)c2c1. The van der Waals surface area contributed by atoms with Gasteiger partial charge in [-0.05, 0) is 19.1 Å². The van der Waals surface area contributed by atoms with Crippen molar-refractivity contribution < 1.29 is 0 Å². The maximum Gasteiger partial charge on any atom is 0.134 e. The second-order valence-corrected chi connectivity index (χ2v) is 3.68. The van der Waals surface area contributed by atoms with Crippen molar-refractivity contribution in [2.24, 2.45) is 5.73 Å². The number of hydrogen-bond acceptors (Lipinski definition) is 2. The van der Waals surface area contributed by atoms with E-state index in [1.165, 1.54) is 5.56 Å². The van der Waals surface area contributed by atoms with Crippen molar-refractivity contribution in [1.82, 2.24) is 9.78 Å². The molecule has 0 bridgehead atoms. The van der Waals surface area contributed by atoms with Crippen LogP contribution < -0.4 is 5.73 Å². The van der Waals surface area contributed by atoms with Crippen LogP contribution in [0.5, 0.6) is 0 Å². The summed E-state index contributed by atoms with van der Waals surface area (Å²) < 4.78 is 1.74. The van der Waals surface area contributed by atoms with E-state index in [-0.39, 0.29) is 0 Å². The van der Waals surface area contributed by atoms with Crippen molar-refractivity contribution in [3.05, 3.63) is 28.9 Å². The highest BCUT2D eigenvalue weighted by atomic mass is 35.5. The predicted molar refractivity (Wildman–Crippen MR) is 58.5 cm³/mol. The molecule has 2 N–H and O–H groups in total. The molecule has 1 heterocycles. The minimum absolute atomic E-state index is 0.548. The number of rotatable bonds is 2. The van der Waals surface area contributed by atoms with Crippen LogP contribution in [-0.4, -0.2) is 16.3 Å². The van der Waals surface area contributed by atoms with E-state index in [1.54, 1.807) is 4.68 Å². The molecule has 0 saturated carbocycles. The highest BCUT2D eigenvalue weighted by molar-refractivity contribution is 6.34. The molecule has 0 aliphatic rings. The van der Waals surface area contributed by atoms with Crippen molar-refractivity contribution in [2.45, 2.75) is 13.5 Å². The lowest BCUT2D eigenvalue weighted by atomic mass is 10.2. The fourth-order valence-corrected chi connectivity index (χ4v) is 1.76. The Labute approximate surface area is 87.5 Å². The Hall–Kier alpha value is -1.06. The lowest BCUT2D eigenvalue weighted by Crippen LogP contribution is -2.10. The Morgan fingerprint density at radius 3 is 3.00 bits per heavy atom. The van der Waals surface area contributed by atoms with Gasteiger partial charge < -0.3 is 5.73 Å². The third-order valence-corrected chi connectivity index (χ3v) is 2.57. The van der Waals surface area contributed by atoms with Gasteiger partial charge in [-0.25, -0.2) is 0 Å².